The molecule has 0 aromatic rings. The molecule has 26 heavy (non-hydrogen) atoms. The normalized spacial score (nSPS) is 12.7. The molecule has 0 heterocycles. The summed E-state index contributed by atoms with van der Waals surface area (Å²) >= 11 is 0. The Morgan fingerprint density at radius 3 is 1.00 bits per heavy atom. The van der Waals surface area contributed by atoms with Crippen molar-refractivity contribution in [3.63, 3.8) is 0 Å². The lowest BCUT2D eigenvalue weighted by molar-refractivity contribution is 0.133. The summed E-state index contributed by atoms with van der Waals surface area (Å²) in [4.78, 5) is 0. The first-order valence-corrected chi connectivity index (χ1v) is 15.2. The Morgan fingerprint density at radius 1 is 0.385 bits per heavy atom. The molecule has 0 aliphatic heterocycles. The molecule has 0 spiro atoms. The summed E-state index contributed by atoms with van der Waals surface area (Å²) in [6, 6.07) is 5.86. The molecule has 0 N–H and O–H groups in total. The van der Waals surface area contributed by atoms with E-state index in [1.54, 1.807) is 0 Å². The van der Waals surface area contributed by atoms with E-state index >= 15 is 0 Å². The Hall–Kier alpha value is 0.154. The van der Waals surface area contributed by atoms with Gasteiger partial charge in [0.1, 0.15) is 0 Å². The molecule has 158 valence electrons. The Labute approximate surface area is 163 Å². The van der Waals surface area contributed by atoms with Crippen LogP contribution in [0, 0.1) is 0 Å². The van der Waals surface area contributed by atoms with Crippen LogP contribution in [0.1, 0.15) is 89.9 Å². The summed E-state index contributed by atoms with van der Waals surface area (Å²) in [5, 5.41) is 0. The average Bonchev–Trinajstić information content (AvgIpc) is 2.59. The van der Waals surface area contributed by atoms with Crippen LogP contribution in [-0.2, 0) is 0 Å². The van der Waals surface area contributed by atoms with Crippen LogP contribution >= 0.6 is 0 Å². The van der Waals surface area contributed by atoms with Gasteiger partial charge in [0.2, 0.25) is 12.9 Å². The molecule has 0 radical (unpaired) electrons. The van der Waals surface area contributed by atoms with Gasteiger partial charge in [-0.25, -0.2) is 17.6 Å². The van der Waals surface area contributed by atoms with Gasteiger partial charge in [0.15, 0.2) is 0 Å². The number of alkyl halides is 4. The third-order valence-electron chi connectivity index (χ3n) is 5.09. The molecule has 0 fully saturated rings. The Balaban J connectivity index is 2.99. The summed E-state index contributed by atoms with van der Waals surface area (Å²) in [6.45, 7) is 0. The van der Waals surface area contributed by atoms with Crippen LogP contribution in [-0.4, -0.2) is 31.9 Å². The van der Waals surface area contributed by atoms with Crippen molar-refractivity contribution in [2.75, 3.05) is 0 Å². The maximum atomic E-state index is 12.0. The van der Waals surface area contributed by atoms with Crippen molar-refractivity contribution in [2.24, 2.45) is 0 Å². The summed E-state index contributed by atoms with van der Waals surface area (Å²) < 4.78 is 47.9. The van der Waals surface area contributed by atoms with Gasteiger partial charge in [-0.2, -0.15) is 0 Å². The van der Waals surface area contributed by atoms with Crippen LogP contribution in [0.4, 0.5) is 17.6 Å². The topological polar surface area (TPSA) is 0 Å². The molecule has 0 unspecified atom stereocenters. The first-order chi connectivity index (χ1) is 12.6. The minimum Gasteiger partial charge on any atom is -0.211 e. The van der Waals surface area contributed by atoms with Crippen molar-refractivity contribution in [1.29, 1.82) is 0 Å². The van der Waals surface area contributed by atoms with E-state index in [1.807, 2.05) is 0 Å². The monoisotopic (exact) mass is 414 g/mol. The predicted octanol–water partition coefficient (Wildman–Crippen LogP) is 6.99. The third-order valence-corrected chi connectivity index (χ3v) is 9.09. The van der Waals surface area contributed by atoms with Crippen LogP contribution < -0.4 is 0 Å². The molecule has 0 aromatic carbocycles. The first-order valence-electron chi connectivity index (χ1n) is 11.2. The molecule has 0 aliphatic carbocycles. The van der Waals surface area contributed by atoms with E-state index in [9.17, 15) is 17.6 Å². The summed E-state index contributed by atoms with van der Waals surface area (Å²) in [5.41, 5.74) is 0. The molecule has 0 rings (SSSR count). The van der Waals surface area contributed by atoms with E-state index < -0.39 is 12.9 Å². The van der Waals surface area contributed by atoms with Crippen LogP contribution in [0.2, 0.25) is 24.2 Å². The highest BCUT2D eigenvalue weighted by molar-refractivity contribution is 6.36. The van der Waals surface area contributed by atoms with Crippen molar-refractivity contribution >= 4 is 19.0 Å². The maximum absolute atomic E-state index is 12.0. The molecule has 0 aliphatic rings. The standard InChI is InChI=1S/C20H42F4Si2/c21-19(22)13-7-3-1-5-9-15-25-17-11-12-18-26-16-10-6-2-4-8-14-20(23)24/h19-20H,1-18,25-26H2. The lowest BCUT2D eigenvalue weighted by Crippen LogP contribution is -1.93. The SMILES string of the molecule is FC(F)CCCCCCC[SiH2]CCCC[SiH2]CCCCCCCC(F)F. The number of halogens is 4. The van der Waals surface area contributed by atoms with E-state index in [1.165, 1.54) is 62.7 Å². The lowest BCUT2D eigenvalue weighted by Gasteiger charge is -2.03. The van der Waals surface area contributed by atoms with Crippen molar-refractivity contribution in [1.82, 2.24) is 0 Å². The average molecular weight is 415 g/mol. The molecular formula is C20H42F4Si2. The van der Waals surface area contributed by atoms with Crippen molar-refractivity contribution in [2.45, 2.75) is 127 Å². The Bertz CT molecular complexity index is 240. The van der Waals surface area contributed by atoms with E-state index in [0.29, 0.717) is 12.8 Å². The van der Waals surface area contributed by atoms with Gasteiger partial charge in [0, 0.05) is 31.9 Å². The zero-order chi connectivity index (χ0) is 19.3. The minimum atomic E-state index is -2.12. The van der Waals surface area contributed by atoms with Gasteiger partial charge in [0.25, 0.3) is 0 Å². The highest BCUT2D eigenvalue weighted by Crippen LogP contribution is 2.13. The maximum Gasteiger partial charge on any atom is 0.238 e. The number of unbranched alkanes of at least 4 members (excludes halogenated alkanes) is 9. The van der Waals surface area contributed by atoms with Gasteiger partial charge >= 0.3 is 0 Å². The van der Waals surface area contributed by atoms with E-state index in [0.717, 1.165) is 25.7 Å². The van der Waals surface area contributed by atoms with Crippen molar-refractivity contribution < 1.29 is 17.6 Å². The highest BCUT2D eigenvalue weighted by atomic mass is 28.2. The second kappa shape index (κ2) is 21.5. The second-order valence-corrected chi connectivity index (χ2v) is 12.0. The smallest absolute Gasteiger partial charge is 0.211 e. The van der Waals surface area contributed by atoms with E-state index in [-0.39, 0.29) is 31.9 Å². The molecule has 0 bridgehead atoms. The molecule has 0 saturated carbocycles. The fourth-order valence-corrected chi connectivity index (χ4v) is 6.96. The molecular weight excluding hydrogens is 372 g/mol. The second-order valence-electron chi connectivity index (χ2n) is 7.72. The number of rotatable bonds is 21. The highest BCUT2D eigenvalue weighted by Gasteiger charge is 2.02. The van der Waals surface area contributed by atoms with E-state index in [2.05, 4.69) is 0 Å². The zero-order valence-electron chi connectivity index (χ0n) is 16.8. The van der Waals surface area contributed by atoms with Crippen LogP contribution in [0.15, 0.2) is 0 Å². The predicted molar refractivity (Wildman–Crippen MR) is 113 cm³/mol. The number of hydrogen-bond acceptors (Lipinski definition) is 0. The summed E-state index contributed by atoms with van der Waals surface area (Å²) in [7, 11) is 0.278. The fraction of sp³-hybridized carbons (Fsp3) is 1.00. The Morgan fingerprint density at radius 2 is 0.654 bits per heavy atom. The quantitative estimate of drug-likeness (QED) is 0.108. The summed E-state index contributed by atoms with van der Waals surface area (Å²) in [6.07, 6.45) is 9.55. The number of hydrogen-bond donors (Lipinski definition) is 0. The van der Waals surface area contributed by atoms with Gasteiger partial charge in [0.05, 0.1) is 0 Å². The first kappa shape index (κ1) is 26.2. The molecule has 0 nitrogen and oxygen atoms in total. The van der Waals surface area contributed by atoms with Gasteiger partial charge in [-0.15, -0.1) is 0 Å². The third kappa shape index (κ3) is 24.2. The van der Waals surface area contributed by atoms with Crippen LogP contribution in [0.25, 0.3) is 0 Å². The van der Waals surface area contributed by atoms with Gasteiger partial charge < -0.3 is 0 Å². The molecule has 0 aromatic heterocycles. The molecule has 0 amide bonds. The largest absolute Gasteiger partial charge is 0.238 e. The van der Waals surface area contributed by atoms with Crippen LogP contribution in [0.3, 0.4) is 0 Å². The fourth-order valence-electron chi connectivity index (χ4n) is 3.43. The Kier molecular flexibility index (Phi) is 21.6. The summed E-state index contributed by atoms with van der Waals surface area (Å²) in [5.74, 6) is 0. The van der Waals surface area contributed by atoms with E-state index in [4.69, 9.17) is 0 Å². The van der Waals surface area contributed by atoms with Crippen molar-refractivity contribution in [3.8, 4) is 0 Å². The molecule has 0 atom stereocenters. The zero-order valence-corrected chi connectivity index (χ0v) is 19.6. The van der Waals surface area contributed by atoms with Gasteiger partial charge in [-0.3, -0.25) is 0 Å². The van der Waals surface area contributed by atoms with Crippen molar-refractivity contribution in [3.05, 3.63) is 0 Å². The van der Waals surface area contributed by atoms with Crippen LogP contribution in [0.5, 0.6) is 0 Å². The van der Waals surface area contributed by atoms with Gasteiger partial charge in [-0.1, -0.05) is 88.4 Å². The van der Waals surface area contributed by atoms with Gasteiger partial charge in [-0.05, 0) is 12.8 Å². The lowest BCUT2D eigenvalue weighted by atomic mass is 10.1. The minimum absolute atomic E-state index is 0.0827. The molecule has 0 saturated heterocycles. The molecule has 6 heteroatoms.